The van der Waals surface area contributed by atoms with Crippen LogP contribution < -0.4 is 4.72 Å². The lowest BCUT2D eigenvalue weighted by molar-refractivity contribution is -0.385. The molecule has 7 nitrogen and oxygen atoms in total. The number of nitro benzene ring substituents is 1. The summed E-state index contributed by atoms with van der Waals surface area (Å²) in [4.78, 5) is 12.3. The number of rotatable bonds is 6. The van der Waals surface area contributed by atoms with Crippen LogP contribution in [0.3, 0.4) is 0 Å². The summed E-state index contributed by atoms with van der Waals surface area (Å²) >= 11 is 0. The van der Waals surface area contributed by atoms with Crippen molar-refractivity contribution in [1.29, 1.82) is 0 Å². The predicted octanol–water partition coefficient (Wildman–Crippen LogP) is 1.93. The molecule has 2 aromatic rings. The van der Waals surface area contributed by atoms with Gasteiger partial charge in [-0.25, -0.2) is 13.1 Å². The molecule has 0 aromatic heterocycles. The monoisotopic (exact) mass is 361 g/mol. The van der Waals surface area contributed by atoms with Crippen molar-refractivity contribution in [1.82, 2.24) is 9.62 Å². The van der Waals surface area contributed by atoms with E-state index in [2.05, 4.69) is 21.8 Å². The van der Waals surface area contributed by atoms with E-state index in [4.69, 9.17) is 0 Å². The molecular formula is C17H19N3O4S. The van der Waals surface area contributed by atoms with Crippen LogP contribution in [0.15, 0.2) is 53.4 Å². The van der Waals surface area contributed by atoms with E-state index < -0.39 is 14.9 Å². The van der Waals surface area contributed by atoms with Gasteiger partial charge in [-0.2, -0.15) is 0 Å². The van der Waals surface area contributed by atoms with Gasteiger partial charge in [0.05, 0.1) is 9.82 Å². The fourth-order valence-electron chi connectivity index (χ4n) is 2.93. The molecule has 0 saturated heterocycles. The second kappa shape index (κ2) is 7.30. The van der Waals surface area contributed by atoms with Crippen LogP contribution in [0.25, 0.3) is 0 Å². The van der Waals surface area contributed by atoms with Crippen LogP contribution in [0, 0.1) is 10.1 Å². The highest BCUT2D eigenvalue weighted by Crippen LogP contribution is 2.19. The standard InChI is InChI=1S/C17H19N3O4S/c21-20(22)16-6-3-7-17(12-16)25(23,24)18-9-11-19-10-8-14-4-1-2-5-15(14)13-19/h1-7,12,18H,8-11,13H2. The Morgan fingerprint density at radius 2 is 1.88 bits per heavy atom. The lowest BCUT2D eigenvalue weighted by atomic mass is 10.0. The molecule has 0 atom stereocenters. The van der Waals surface area contributed by atoms with E-state index in [0.29, 0.717) is 6.54 Å². The number of hydrogen-bond acceptors (Lipinski definition) is 5. The minimum Gasteiger partial charge on any atom is -0.297 e. The fraction of sp³-hybridized carbons (Fsp3) is 0.294. The van der Waals surface area contributed by atoms with Crippen molar-refractivity contribution >= 4 is 15.7 Å². The van der Waals surface area contributed by atoms with Crippen LogP contribution in [-0.2, 0) is 23.0 Å². The molecule has 1 aliphatic heterocycles. The van der Waals surface area contributed by atoms with Crippen molar-refractivity contribution in [2.24, 2.45) is 0 Å². The van der Waals surface area contributed by atoms with Gasteiger partial charge in [0.1, 0.15) is 0 Å². The summed E-state index contributed by atoms with van der Waals surface area (Å²) in [6.45, 7) is 2.53. The number of nitro groups is 1. The lowest BCUT2D eigenvalue weighted by Gasteiger charge is -2.28. The minimum atomic E-state index is -3.76. The Balaban J connectivity index is 1.58. The molecule has 3 rings (SSSR count). The number of non-ortho nitro benzene ring substituents is 1. The molecule has 132 valence electrons. The van der Waals surface area contributed by atoms with Gasteiger partial charge in [-0.05, 0) is 23.6 Å². The van der Waals surface area contributed by atoms with Crippen molar-refractivity contribution in [2.75, 3.05) is 19.6 Å². The maximum absolute atomic E-state index is 12.3. The number of fused-ring (bicyclic) bond motifs is 1. The normalized spacial score (nSPS) is 14.9. The zero-order valence-electron chi connectivity index (χ0n) is 13.6. The van der Waals surface area contributed by atoms with E-state index in [9.17, 15) is 18.5 Å². The quantitative estimate of drug-likeness (QED) is 0.627. The summed E-state index contributed by atoms with van der Waals surface area (Å²) in [7, 11) is -3.76. The van der Waals surface area contributed by atoms with Gasteiger partial charge in [-0.1, -0.05) is 30.3 Å². The Hall–Kier alpha value is -2.29. The Morgan fingerprint density at radius 3 is 2.64 bits per heavy atom. The smallest absolute Gasteiger partial charge is 0.270 e. The average Bonchev–Trinajstić information content (AvgIpc) is 2.61. The first-order chi connectivity index (χ1) is 12.0. The molecule has 0 amide bonds. The van der Waals surface area contributed by atoms with Crippen molar-refractivity contribution in [3.05, 3.63) is 69.8 Å². The Bertz CT molecular complexity index is 883. The Labute approximate surface area is 146 Å². The summed E-state index contributed by atoms with van der Waals surface area (Å²) in [5.41, 5.74) is 2.38. The molecule has 1 heterocycles. The molecule has 0 spiro atoms. The second-order valence-corrected chi connectivity index (χ2v) is 7.71. The molecule has 25 heavy (non-hydrogen) atoms. The first-order valence-electron chi connectivity index (χ1n) is 7.99. The number of hydrogen-bond donors (Lipinski definition) is 1. The van der Waals surface area contributed by atoms with Gasteiger partial charge in [0.25, 0.3) is 5.69 Å². The maximum atomic E-state index is 12.3. The summed E-state index contributed by atoms with van der Waals surface area (Å²) in [5, 5.41) is 10.8. The molecular weight excluding hydrogens is 342 g/mol. The van der Waals surface area contributed by atoms with Gasteiger partial charge in [0, 0.05) is 38.3 Å². The second-order valence-electron chi connectivity index (χ2n) is 5.95. The van der Waals surface area contributed by atoms with Gasteiger partial charge in [0.2, 0.25) is 10.0 Å². The van der Waals surface area contributed by atoms with Crippen LogP contribution in [0.4, 0.5) is 5.69 Å². The van der Waals surface area contributed by atoms with Crippen molar-refractivity contribution in [3.63, 3.8) is 0 Å². The highest BCUT2D eigenvalue weighted by Gasteiger charge is 2.19. The first kappa shape index (κ1) is 17.5. The molecule has 2 aromatic carbocycles. The lowest BCUT2D eigenvalue weighted by Crippen LogP contribution is -2.37. The third-order valence-electron chi connectivity index (χ3n) is 4.27. The SMILES string of the molecule is O=[N+]([O-])c1cccc(S(=O)(=O)NCCN2CCc3ccccc3C2)c1. The van der Waals surface area contributed by atoms with Gasteiger partial charge < -0.3 is 0 Å². The van der Waals surface area contributed by atoms with Crippen LogP contribution in [0.2, 0.25) is 0 Å². The van der Waals surface area contributed by atoms with Crippen molar-refractivity contribution in [3.8, 4) is 0 Å². The van der Waals surface area contributed by atoms with Gasteiger partial charge in [-0.3, -0.25) is 15.0 Å². The van der Waals surface area contributed by atoms with Crippen molar-refractivity contribution in [2.45, 2.75) is 17.9 Å². The average molecular weight is 361 g/mol. The zero-order valence-corrected chi connectivity index (χ0v) is 14.4. The topological polar surface area (TPSA) is 92.5 Å². The minimum absolute atomic E-state index is 0.0920. The molecule has 0 fully saturated rings. The molecule has 0 bridgehead atoms. The van der Waals surface area contributed by atoms with E-state index in [0.717, 1.165) is 25.6 Å². The number of nitrogens with one attached hydrogen (secondary N) is 1. The summed E-state index contributed by atoms with van der Waals surface area (Å²) in [5.74, 6) is 0. The molecule has 0 radical (unpaired) electrons. The molecule has 1 aliphatic rings. The van der Waals surface area contributed by atoms with Crippen LogP contribution >= 0.6 is 0 Å². The van der Waals surface area contributed by atoms with Gasteiger partial charge >= 0.3 is 0 Å². The summed E-state index contributed by atoms with van der Waals surface area (Å²) in [6.07, 6.45) is 0.952. The Kier molecular flexibility index (Phi) is 5.12. The molecule has 0 unspecified atom stereocenters. The number of nitrogens with zero attached hydrogens (tertiary/aromatic N) is 2. The highest BCUT2D eigenvalue weighted by molar-refractivity contribution is 7.89. The fourth-order valence-corrected chi connectivity index (χ4v) is 3.99. The Morgan fingerprint density at radius 1 is 1.12 bits per heavy atom. The van der Waals surface area contributed by atoms with Crippen molar-refractivity contribution < 1.29 is 13.3 Å². The zero-order chi connectivity index (χ0) is 17.9. The van der Waals surface area contributed by atoms with E-state index in [1.807, 2.05) is 12.1 Å². The van der Waals surface area contributed by atoms with E-state index in [1.54, 1.807) is 0 Å². The van der Waals surface area contributed by atoms with Crippen LogP contribution in [-0.4, -0.2) is 37.9 Å². The number of sulfonamides is 1. The van der Waals surface area contributed by atoms with E-state index in [1.165, 1.54) is 29.3 Å². The molecule has 1 N–H and O–H groups in total. The van der Waals surface area contributed by atoms with Gasteiger partial charge in [0.15, 0.2) is 0 Å². The summed E-state index contributed by atoms with van der Waals surface area (Å²) in [6, 6.07) is 13.3. The summed E-state index contributed by atoms with van der Waals surface area (Å²) < 4.78 is 27.1. The third kappa shape index (κ3) is 4.22. The van der Waals surface area contributed by atoms with Crippen LogP contribution in [0.5, 0.6) is 0 Å². The first-order valence-corrected chi connectivity index (χ1v) is 9.47. The molecule has 0 aliphatic carbocycles. The van der Waals surface area contributed by atoms with E-state index in [-0.39, 0.29) is 17.1 Å². The van der Waals surface area contributed by atoms with Gasteiger partial charge in [-0.15, -0.1) is 0 Å². The molecule has 8 heteroatoms. The maximum Gasteiger partial charge on any atom is 0.270 e. The van der Waals surface area contributed by atoms with E-state index >= 15 is 0 Å². The number of benzene rings is 2. The predicted molar refractivity (Wildman–Crippen MR) is 93.7 cm³/mol. The molecule has 0 saturated carbocycles. The largest absolute Gasteiger partial charge is 0.297 e. The highest BCUT2D eigenvalue weighted by atomic mass is 32.2. The third-order valence-corrected chi connectivity index (χ3v) is 5.73. The van der Waals surface area contributed by atoms with Crippen LogP contribution in [0.1, 0.15) is 11.1 Å².